The average Bonchev–Trinajstić information content (AvgIpc) is 2.77. The van der Waals surface area contributed by atoms with Crippen molar-refractivity contribution in [2.24, 2.45) is 7.05 Å². The van der Waals surface area contributed by atoms with E-state index >= 15 is 0 Å². The van der Waals surface area contributed by atoms with Gasteiger partial charge in [-0.05, 0) is 11.6 Å². The summed E-state index contributed by atoms with van der Waals surface area (Å²) < 4.78 is 27.2. The Labute approximate surface area is 173 Å². The van der Waals surface area contributed by atoms with Gasteiger partial charge in [0.15, 0.2) is 5.82 Å². The number of morpholine rings is 1. The van der Waals surface area contributed by atoms with Crippen LogP contribution >= 0.6 is 0 Å². The molecule has 0 bridgehead atoms. The number of nitrogens with zero attached hydrogens (tertiary/aromatic N) is 4. The number of anilines is 1. The van der Waals surface area contributed by atoms with Crippen molar-refractivity contribution < 1.29 is 13.9 Å². The third kappa shape index (κ3) is 4.39. The van der Waals surface area contributed by atoms with Gasteiger partial charge in [-0.15, -0.1) is 0 Å². The lowest BCUT2D eigenvalue weighted by Crippen LogP contribution is -2.50. The molecule has 0 amide bonds. The Hall–Kier alpha value is -3.10. The number of pyridine rings is 1. The first-order valence-electron chi connectivity index (χ1n) is 9.77. The first-order chi connectivity index (χ1) is 14.6. The topological polar surface area (TPSA) is 69.5 Å². The summed E-state index contributed by atoms with van der Waals surface area (Å²) in [6.07, 6.45) is 2.59. The van der Waals surface area contributed by atoms with Crippen molar-refractivity contribution in [3.8, 4) is 11.3 Å². The van der Waals surface area contributed by atoms with Crippen LogP contribution in [-0.4, -0.2) is 46.9 Å². The molecule has 0 saturated carbocycles. The second-order valence-electron chi connectivity index (χ2n) is 7.12. The van der Waals surface area contributed by atoms with Gasteiger partial charge in [-0.3, -0.25) is 14.3 Å². The lowest BCUT2D eigenvalue weighted by atomic mass is 10.2. The fraction of sp³-hybridized carbons (Fsp3) is 0.318. The van der Waals surface area contributed by atoms with Crippen LogP contribution in [0.3, 0.4) is 0 Å². The molecular weight excluding hydrogens is 387 g/mol. The van der Waals surface area contributed by atoms with Crippen molar-refractivity contribution in [3.05, 3.63) is 76.6 Å². The van der Waals surface area contributed by atoms with Crippen molar-refractivity contribution in [3.63, 3.8) is 0 Å². The molecule has 2 aromatic heterocycles. The van der Waals surface area contributed by atoms with Crippen LogP contribution < -0.4 is 10.5 Å². The number of benzene rings is 1. The van der Waals surface area contributed by atoms with E-state index < -0.39 is 5.82 Å². The highest BCUT2D eigenvalue weighted by molar-refractivity contribution is 5.60. The first-order valence-corrected chi connectivity index (χ1v) is 9.77. The molecule has 30 heavy (non-hydrogen) atoms. The highest BCUT2D eigenvalue weighted by Crippen LogP contribution is 2.23. The zero-order valence-electron chi connectivity index (χ0n) is 16.7. The van der Waals surface area contributed by atoms with E-state index in [0.717, 1.165) is 11.8 Å². The minimum Gasteiger partial charge on any atom is -0.377 e. The van der Waals surface area contributed by atoms with Crippen molar-refractivity contribution in [2.45, 2.75) is 12.6 Å². The number of hydrogen-bond donors (Lipinski definition) is 0. The van der Waals surface area contributed by atoms with Gasteiger partial charge in [-0.1, -0.05) is 30.3 Å². The van der Waals surface area contributed by atoms with Crippen molar-refractivity contribution in [2.75, 3.05) is 31.3 Å². The molecule has 1 saturated heterocycles. The fourth-order valence-corrected chi connectivity index (χ4v) is 3.45. The van der Waals surface area contributed by atoms with Crippen molar-refractivity contribution in [1.82, 2.24) is 14.5 Å². The summed E-state index contributed by atoms with van der Waals surface area (Å²) in [6.45, 7) is 2.43. The van der Waals surface area contributed by atoms with E-state index in [1.54, 1.807) is 7.05 Å². The van der Waals surface area contributed by atoms with E-state index in [4.69, 9.17) is 9.47 Å². The van der Waals surface area contributed by atoms with E-state index in [2.05, 4.69) is 9.97 Å². The predicted octanol–water partition coefficient (Wildman–Crippen LogP) is 2.40. The van der Waals surface area contributed by atoms with Crippen LogP contribution in [0, 0.1) is 5.82 Å². The Morgan fingerprint density at radius 1 is 1.27 bits per heavy atom. The minimum atomic E-state index is -0.520. The fourth-order valence-electron chi connectivity index (χ4n) is 3.45. The molecule has 1 aliphatic rings. The molecule has 1 fully saturated rings. The number of rotatable bonds is 6. The lowest BCUT2D eigenvalue weighted by molar-refractivity contribution is 0.0380. The van der Waals surface area contributed by atoms with Crippen LogP contribution in [0.4, 0.5) is 10.3 Å². The Morgan fingerprint density at radius 3 is 2.90 bits per heavy atom. The molecule has 0 radical (unpaired) electrons. The minimum absolute atomic E-state index is 0.113. The van der Waals surface area contributed by atoms with E-state index in [-0.39, 0.29) is 22.9 Å². The molecule has 4 rings (SSSR count). The molecule has 1 atom stereocenters. The molecule has 1 aliphatic heterocycles. The largest absolute Gasteiger partial charge is 0.377 e. The molecule has 0 spiro atoms. The molecule has 3 heterocycles. The number of halogens is 1. The zero-order valence-corrected chi connectivity index (χ0v) is 16.7. The summed E-state index contributed by atoms with van der Waals surface area (Å²) in [4.78, 5) is 23.0. The molecular formula is C22H23FN4O3. The highest BCUT2D eigenvalue weighted by atomic mass is 19.1. The maximum absolute atomic E-state index is 14.2. The molecule has 0 aliphatic carbocycles. The summed E-state index contributed by atoms with van der Waals surface area (Å²) in [7, 11) is 1.66. The Morgan fingerprint density at radius 2 is 2.10 bits per heavy atom. The van der Waals surface area contributed by atoms with Gasteiger partial charge in [0.05, 0.1) is 44.4 Å². The predicted molar refractivity (Wildman–Crippen MR) is 111 cm³/mol. The van der Waals surface area contributed by atoms with E-state index in [1.165, 1.54) is 22.9 Å². The third-order valence-corrected chi connectivity index (χ3v) is 5.07. The molecule has 0 unspecified atom stereocenters. The average molecular weight is 410 g/mol. The molecule has 8 heteroatoms. The summed E-state index contributed by atoms with van der Waals surface area (Å²) >= 11 is 0. The molecule has 7 nitrogen and oxygen atoms in total. The van der Waals surface area contributed by atoms with Gasteiger partial charge < -0.3 is 14.4 Å². The maximum Gasteiger partial charge on any atom is 0.255 e. The summed E-state index contributed by atoms with van der Waals surface area (Å²) in [5, 5.41) is 0. The van der Waals surface area contributed by atoms with Crippen LogP contribution in [0.2, 0.25) is 0 Å². The van der Waals surface area contributed by atoms with Gasteiger partial charge in [0, 0.05) is 31.4 Å². The van der Waals surface area contributed by atoms with Crippen LogP contribution in [0.5, 0.6) is 0 Å². The van der Waals surface area contributed by atoms with Gasteiger partial charge in [-0.25, -0.2) is 9.37 Å². The Kier molecular flexibility index (Phi) is 6.15. The molecule has 0 N–H and O–H groups in total. The normalized spacial score (nSPS) is 16.6. The van der Waals surface area contributed by atoms with E-state index in [0.29, 0.717) is 38.9 Å². The Balaban J connectivity index is 1.58. The van der Waals surface area contributed by atoms with Gasteiger partial charge in [-0.2, -0.15) is 0 Å². The first kappa shape index (κ1) is 20.2. The van der Waals surface area contributed by atoms with Crippen LogP contribution in [0.1, 0.15) is 5.56 Å². The highest BCUT2D eigenvalue weighted by Gasteiger charge is 2.27. The SMILES string of the molecule is Cn1c(N2CCOC[C@H]2COCc2ccccc2)nc(-c2ccncc2F)cc1=O. The molecule has 3 aromatic rings. The Bertz CT molecular complexity index is 1060. The molecule has 1 aromatic carbocycles. The van der Waals surface area contributed by atoms with Crippen molar-refractivity contribution in [1.29, 1.82) is 0 Å². The summed E-state index contributed by atoms with van der Waals surface area (Å²) in [5.74, 6) is -0.0563. The van der Waals surface area contributed by atoms with Gasteiger partial charge >= 0.3 is 0 Å². The second kappa shape index (κ2) is 9.15. The van der Waals surface area contributed by atoms with Crippen molar-refractivity contribution >= 4 is 5.95 Å². The van der Waals surface area contributed by atoms with E-state index in [9.17, 15) is 9.18 Å². The number of hydrogen-bond acceptors (Lipinski definition) is 6. The second-order valence-corrected chi connectivity index (χ2v) is 7.12. The number of ether oxygens (including phenoxy) is 2. The maximum atomic E-state index is 14.2. The molecule has 156 valence electrons. The van der Waals surface area contributed by atoms with Crippen LogP contribution in [0.15, 0.2) is 59.7 Å². The van der Waals surface area contributed by atoms with Gasteiger partial charge in [0.25, 0.3) is 5.56 Å². The number of aromatic nitrogens is 3. The van der Waals surface area contributed by atoms with Gasteiger partial charge in [0.1, 0.15) is 0 Å². The van der Waals surface area contributed by atoms with Crippen LogP contribution in [0.25, 0.3) is 11.3 Å². The summed E-state index contributed by atoms with van der Waals surface area (Å²) in [6, 6.07) is 12.7. The monoisotopic (exact) mass is 410 g/mol. The van der Waals surface area contributed by atoms with Gasteiger partial charge in [0.2, 0.25) is 5.95 Å². The third-order valence-electron chi connectivity index (χ3n) is 5.07. The van der Waals surface area contributed by atoms with E-state index in [1.807, 2.05) is 35.2 Å². The lowest BCUT2D eigenvalue weighted by Gasteiger charge is -2.36. The quantitative estimate of drug-likeness (QED) is 0.622. The smallest absolute Gasteiger partial charge is 0.255 e. The summed E-state index contributed by atoms with van der Waals surface area (Å²) in [5.41, 5.74) is 1.35. The zero-order chi connectivity index (χ0) is 20.9. The standard InChI is InChI=1S/C22H23FN4O3/c1-26-21(28)11-20(18-7-8-24-12-19(18)23)25-22(26)27-9-10-29-14-17(27)15-30-13-16-5-3-2-4-6-16/h2-8,11-12,17H,9-10,13-15H2,1H3/t17-/m0/s1. The van der Waals surface area contributed by atoms with Crippen LogP contribution in [-0.2, 0) is 23.1 Å².